The number of carbonyl (C=O) groups is 3. The highest BCUT2D eigenvalue weighted by Crippen LogP contribution is 2.26. The second-order valence-electron chi connectivity index (χ2n) is 10.00. The van der Waals surface area contributed by atoms with Crippen LogP contribution in [0.25, 0.3) is 0 Å². The molecule has 0 bridgehead atoms. The van der Waals surface area contributed by atoms with Crippen LogP contribution in [0.4, 0.5) is 10.1 Å². The highest BCUT2D eigenvalue weighted by atomic mass is 35.5. The van der Waals surface area contributed by atoms with E-state index in [0.29, 0.717) is 31.0 Å². The fourth-order valence-electron chi connectivity index (χ4n) is 3.90. The van der Waals surface area contributed by atoms with E-state index in [1.165, 1.54) is 36.2 Å². The van der Waals surface area contributed by atoms with Gasteiger partial charge in [0, 0.05) is 68.7 Å². The molecule has 250 valence electrons. The number of aliphatic hydroxyl groups is 1. The lowest BCUT2D eigenvalue weighted by atomic mass is 10.0. The molecule has 0 amide bonds. The molecule has 0 atom stereocenters. The molecule has 1 aliphatic carbocycles. The monoisotopic (exact) mass is 648 g/mol. The number of carbonyl (C=O) groups excluding carboxylic acids is 2. The van der Waals surface area contributed by atoms with Crippen LogP contribution in [-0.2, 0) is 27.2 Å². The van der Waals surface area contributed by atoms with Crippen molar-refractivity contribution in [2.24, 2.45) is 0 Å². The van der Waals surface area contributed by atoms with Crippen molar-refractivity contribution in [3.63, 3.8) is 0 Å². The molecular weight excluding hydrogens is 599 g/mol. The van der Waals surface area contributed by atoms with Gasteiger partial charge >= 0.3 is 5.97 Å². The number of nitrogens with zero attached hydrogens (tertiary/aromatic N) is 4. The van der Waals surface area contributed by atoms with Crippen molar-refractivity contribution >= 4 is 35.8 Å². The van der Waals surface area contributed by atoms with Crippen LogP contribution in [-0.4, -0.2) is 83.9 Å². The molecule has 0 radical (unpaired) electrons. The summed E-state index contributed by atoms with van der Waals surface area (Å²) in [6.45, 7) is 15.8. The van der Waals surface area contributed by atoms with Crippen LogP contribution in [0.3, 0.4) is 0 Å². The SMILES string of the molecule is C/C(=C\N(C)C1CC1)C(=O)O.C=C/C(F)=C/N1CCc2ccc(N(CO)CCC#N)cc2CC1.C=CCC(C)=O.C=O.CCCl. The molecule has 1 aromatic carbocycles. The first-order valence-electron chi connectivity index (χ1n) is 14.6. The molecule has 0 aromatic heterocycles. The maximum Gasteiger partial charge on any atom is 0.332 e. The molecule has 1 heterocycles. The predicted molar refractivity (Wildman–Crippen MR) is 181 cm³/mol. The molecule has 1 aromatic rings. The number of hydrogen-bond acceptors (Lipinski definition) is 8. The standard InChI is InChI=1S/C18H22FN3O.C8H13NO2.C5H8O.C2H5Cl.CH2O/c1-2-17(19)13-21-10-6-15-4-5-18(12-16(15)7-11-21)22(14-23)9-3-8-20;1-6(8(10)11)5-9(2)7-3-4-7;1-3-4-5(2)6;1-2-3;1-2/h2,4-5,12-13,23H,1,3,6-7,9-11,14H2;5,7H,3-4H2,1-2H3,(H,10,11);3H,1,4H2,2H3;2H2,1H3;1H2/b17-13-;6-5+;;;. The number of nitriles is 1. The van der Waals surface area contributed by atoms with Crippen molar-refractivity contribution in [3.8, 4) is 6.07 Å². The van der Waals surface area contributed by atoms with Crippen LogP contribution in [0.5, 0.6) is 0 Å². The molecule has 0 unspecified atom stereocenters. The molecule has 1 fully saturated rings. The zero-order valence-electron chi connectivity index (χ0n) is 27.2. The van der Waals surface area contributed by atoms with Crippen LogP contribution in [0, 0.1) is 11.3 Å². The van der Waals surface area contributed by atoms with Crippen molar-refractivity contribution in [3.05, 3.63) is 78.4 Å². The van der Waals surface area contributed by atoms with Crippen molar-refractivity contribution < 1.29 is 29.0 Å². The number of carboxylic acids is 1. The van der Waals surface area contributed by atoms with Gasteiger partial charge in [-0.25, -0.2) is 9.18 Å². The summed E-state index contributed by atoms with van der Waals surface area (Å²) in [5.41, 5.74) is 3.79. The number of aliphatic carboxylic acids is 1. The number of carboxylic acid groups (broad SMARTS) is 1. The molecule has 9 nitrogen and oxygen atoms in total. The number of benzene rings is 1. The van der Waals surface area contributed by atoms with E-state index in [0.717, 1.165) is 37.5 Å². The first-order valence-corrected chi connectivity index (χ1v) is 15.2. The highest BCUT2D eigenvalue weighted by Gasteiger charge is 2.24. The minimum Gasteiger partial charge on any atom is -0.478 e. The van der Waals surface area contributed by atoms with Crippen LogP contribution >= 0.6 is 11.6 Å². The van der Waals surface area contributed by atoms with E-state index in [-0.39, 0.29) is 18.3 Å². The zero-order chi connectivity index (χ0) is 34.8. The van der Waals surface area contributed by atoms with E-state index in [4.69, 9.17) is 26.8 Å². The second kappa shape index (κ2) is 26.5. The fourth-order valence-corrected chi connectivity index (χ4v) is 3.90. The molecule has 3 rings (SSSR count). The Balaban J connectivity index is 0. The van der Waals surface area contributed by atoms with Crippen molar-refractivity contribution in [2.45, 2.75) is 65.3 Å². The van der Waals surface area contributed by atoms with E-state index in [2.05, 4.69) is 31.4 Å². The summed E-state index contributed by atoms with van der Waals surface area (Å²) in [7, 11) is 1.92. The number of hydrogen-bond donors (Lipinski definition) is 2. The quantitative estimate of drug-likeness (QED) is 0.0972. The summed E-state index contributed by atoms with van der Waals surface area (Å²) in [6.07, 6.45) is 11.0. The Morgan fingerprint density at radius 3 is 2.18 bits per heavy atom. The lowest BCUT2D eigenvalue weighted by Crippen LogP contribution is -2.25. The Kier molecular flexibility index (Phi) is 25.4. The van der Waals surface area contributed by atoms with Crippen molar-refractivity contribution in [1.82, 2.24) is 9.80 Å². The van der Waals surface area contributed by atoms with E-state index in [9.17, 15) is 19.1 Å². The van der Waals surface area contributed by atoms with Crippen LogP contribution in [0.1, 0.15) is 57.6 Å². The Morgan fingerprint density at radius 1 is 1.18 bits per heavy atom. The summed E-state index contributed by atoms with van der Waals surface area (Å²) in [5, 5.41) is 26.7. The average Bonchev–Trinajstić information content (AvgIpc) is 3.88. The van der Waals surface area contributed by atoms with Crippen molar-refractivity contribution in [2.75, 3.05) is 44.2 Å². The summed E-state index contributed by atoms with van der Waals surface area (Å²) in [5.74, 6) is -0.262. The van der Waals surface area contributed by atoms with Gasteiger partial charge in [0.25, 0.3) is 0 Å². The number of Topliss-reactive ketones (excluding diaryl/α,β-unsaturated/α-hetero) is 1. The van der Waals surface area contributed by atoms with Gasteiger partial charge in [0.05, 0.1) is 12.5 Å². The first kappa shape index (κ1) is 43.2. The lowest BCUT2D eigenvalue weighted by Gasteiger charge is -2.22. The number of allylic oxidation sites excluding steroid dienone is 3. The van der Waals surface area contributed by atoms with Gasteiger partial charge in [-0.15, -0.1) is 18.2 Å². The topological polar surface area (TPSA) is 125 Å². The summed E-state index contributed by atoms with van der Waals surface area (Å²) in [4.78, 5) is 34.1. The Bertz CT molecular complexity index is 1150. The molecular formula is C34H50ClFN4O5. The molecule has 2 N–H and O–H groups in total. The normalized spacial score (nSPS) is 13.4. The van der Waals surface area contributed by atoms with Crippen LogP contribution in [0.15, 0.2) is 67.3 Å². The molecule has 45 heavy (non-hydrogen) atoms. The molecule has 1 aliphatic heterocycles. The summed E-state index contributed by atoms with van der Waals surface area (Å²) >= 11 is 5.00. The van der Waals surface area contributed by atoms with E-state index in [1.54, 1.807) is 31.0 Å². The van der Waals surface area contributed by atoms with Gasteiger partial charge in [0.15, 0.2) is 0 Å². The predicted octanol–water partition coefficient (Wildman–Crippen LogP) is 6.03. The van der Waals surface area contributed by atoms with Gasteiger partial charge in [-0.2, -0.15) is 5.26 Å². The molecule has 0 spiro atoms. The number of anilines is 1. The number of fused-ring (bicyclic) bond motifs is 1. The number of alkyl halides is 1. The molecule has 0 saturated heterocycles. The average molecular weight is 649 g/mol. The summed E-state index contributed by atoms with van der Waals surface area (Å²) < 4.78 is 13.4. The van der Waals surface area contributed by atoms with Gasteiger partial charge in [-0.3, -0.25) is 4.79 Å². The minimum absolute atomic E-state index is 0.111. The second-order valence-corrected chi connectivity index (χ2v) is 10.5. The lowest BCUT2D eigenvalue weighted by molar-refractivity contribution is -0.132. The van der Waals surface area contributed by atoms with Crippen molar-refractivity contribution in [1.29, 1.82) is 5.26 Å². The van der Waals surface area contributed by atoms with Gasteiger partial charge in [-0.1, -0.05) is 25.6 Å². The Hall–Kier alpha value is -3.94. The zero-order valence-corrected chi connectivity index (χ0v) is 27.9. The maximum absolute atomic E-state index is 13.4. The maximum atomic E-state index is 13.4. The van der Waals surface area contributed by atoms with Gasteiger partial charge in [-0.05, 0) is 68.9 Å². The minimum atomic E-state index is -0.836. The third kappa shape index (κ3) is 20.6. The van der Waals surface area contributed by atoms with E-state index in [1.807, 2.05) is 36.6 Å². The van der Waals surface area contributed by atoms with Gasteiger partial charge < -0.3 is 29.7 Å². The molecule has 2 aliphatic rings. The Labute approximate surface area is 273 Å². The van der Waals surface area contributed by atoms with E-state index < -0.39 is 5.97 Å². The van der Waals surface area contributed by atoms with Crippen LogP contribution in [0.2, 0.25) is 0 Å². The molecule has 11 heteroatoms. The van der Waals surface area contributed by atoms with Gasteiger partial charge in [0.2, 0.25) is 0 Å². The number of ketones is 1. The van der Waals surface area contributed by atoms with E-state index >= 15 is 0 Å². The highest BCUT2D eigenvalue weighted by molar-refractivity contribution is 6.17. The first-order chi connectivity index (χ1) is 21.5. The smallest absolute Gasteiger partial charge is 0.332 e. The molecule has 1 saturated carbocycles. The fraction of sp³-hybridized carbons (Fsp3) is 0.471. The summed E-state index contributed by atoms with van der Waals surface area (Å²) in [6, 6.07) is 8.79. The number of aliphatic hydroxyl groups excluding tert-OH is 1. The number of halogens is 2. The third-order valence-corrected chi connectivity index (χ3v) is 6.35. The number of rotatable bonds is 11. The van der Waals surface area contributed by atoms with Gasteiger partial charge in [0.1, 0.15) is 25.1 Å². The third-order valence-electron chi connectivity index (χ3n) is 6.35. The Morgan fingerprint density at radius 2 is 1.76 bits per heavy atom. The van der Waals surface area contributed by atoms with Crippen LogP contribution < -0.4 is 4.90 Å². The largest absolute Gasteiger partial charge is 0.478 e.